The molecule has 2 aliphatic rings. The van der Waals surface area contributed by atoms with E-state index in [0.29, 0.717) is 24.3 Å². The Hall–Kier alpha value is -2.37. The highest BCUT2D eigenvalue weighted by Gasteiger charge is 2.44. The van der Waals surface area contributed by atoms with Crippen molar-refractivity contribution >= 4 is 11.7 Å². The first kappa shape index (κ1) is 16.1. The van der Waals surface area contributed by atoms with Crippen LogP contribution in [0.25, 0.3) is 0 Å². The molecule has 1 aliphatic heterocycles. The van der Waals surface area contributed by atoms with Crippen molar-refractivity contribution in [1.29, 1.82) is 0 Å². The Bertz CT molecular complexity index is 767. The Morgan fingerprint density at radius 2 is 2.16 bits per heavy atom. The predicted molar refractivity (Wildman–Crippen MR) is 96.0 cm³/mol. The molecule has 1 saturated carbocycles. The summed E-state index contributed by atoms with van der Waals surface area (Å²) in [6.07, 6.45) is 9.59. The third-order valence-electron chi connectivity index (χ3n) is 5.23. The van der Waals surface area contributed by atoms with Gasteiger partial charge in [-0.2, -0.15) is 5.10 Å². The number of nitrogens with zero attached hydrogens (tertiary/aromatic N) is 4. The molecule has 6 heteroatoms. The van der Waals surface area contributed by atoms with Gasteiger partial charge in [-0.15, -0.1) is 0 Å². The van der Waals surface area contributed by atoms with Crippen LogP contribution in [0.2, 0.25) is 0 Å². The molecule has 1 amide bonds. The first-order chi connectivity index (χ1) is 12.1. The van der Waals surface area contributed by atoms with Gasteiger partial charge in [0.05, 0.1) is 12.2 Å². The minimum Gasteiger partial charge on any atom is -0.370 e. The number of pyridine rings is 1. The maximum atomic E-state index is 12.6. The van der Waals surface area contributed by atoms with Gasteiger partial charge < -0.3 is 10.2 Å². The molecule has 2 aromatic heterocycles. The molecule has 0 unspecified atom stereocenters. The van der Waals surface area contributed by atoms with E-state index in [-0.39, 0.29) is 6.04 Å². The molecule has 2 aromatic rings. The van der Waals surface area contributed by atoms with Gasteiger partial charge in [-0.25, -0.2) is 4.98 Å². The maximum absolute atomic E-state index is 12.6. The third kappa shape index (κ3) is 3.38. The fourth-order valence-corrected chi connectivity index (χ4v) is 3.87. The monoisotopic (exact) mass is 339 g/mol. The number of nitrogens with one attached hydrogen (secondary N) is 1. The fourth-order valence-electron chi connectivity index (χ4n) is 3.87. The molecule has 0 spiro atoms. The van der Waals surface area contributed by atoms with Gasteiger partial charge in [-0.1, -0.05) is 0 Å². The van der Waals surface area contributed by atoms with Crippen LogP contribution in [0.1, 0.15) is 42.9 Å². The van der Waals surface area contributed by atoms with Gasteiger partial charge in [0.25, 0.3) is 0 Å². The largest absolute Gasteiger partial charge is 0.370 e. The number of rotatable bonds is 5. The van der Waals surface area contributed by atoms with Crippen molar-refractivity contribution in [1.82, 2.24) is 19.7 Å². The molecule has 25 heavy (non-hydrogen) atoms. The van der Waals surface area contributed by atoms with Crippen LogP contribution in [-0.2, 0) is 11.8 Å². The molecule has 0 radical (unpaired) electrons. The number of amides is 1. The van der Waals surface area contributed by atoms with Crippen LogP contribution >= 0.6 is 0 Å². The molecule has 6 nitrogen and oxygen atoms in total. The summed E-state index contributed by atoms with van der Waals surface area (Å²) in [4.78, 5) is 19.1. The Kier molecular flexibility index (Phi) is 4.19. The van der Waals surface area contributed by atoms with Gasteiger partial charge in [0.1, 0.15) is 5.82 Å². The van der Waals surface area contributed by atoms with Crippen molar-refractivity contribution in [2.45, 2.75) is 44.7 Å². The van der Waals surface area contributed by atoms with E-state index in [0.717, 1.165) is 37.2 Å². The first-order valence-corrected chi connectivity index (χ1v) is 9.08. The van der Waals surface area contributed by atoms with Crippen molar-refractivity contribution in [2.24, 2.45) is 13.0 Å². The van der Waals surface area contributed by atoms with Gasteiger partial charge >= 0.3 is 0 Å². The molecule has 132 valence electrons. The summed E-state index contributed by atoms with van der Waals surface area (Å²) in [6, 6.07) is 4.58. The summed E-state index contributed by atoms with van der Waals surface area (Å²) in [6.45, 7) is 2.88. The van der Waals surface area contributed by atoms with Gasteiger partial charge in [0.15, 0.2) is 0 Å². The zero-order valence-electron chi connectivity index (χ0n) is 14.9. The highest BCUT2D eigenvalue weighted by Crippen LogP contribution is 2.43. The molecule has 1 aliphatic carbocycles. The van der Waals surface area contributed by atoms with Crippen LogP contribution in [0.5, 0.6) is 0 Å². The first-order valence-electron chi connectivity index (χ1n) is 9.08. The summed E-state index contributed by atoms with van der Waals surface area (Å²) in [7, 11) is 1.93. The zero-order chi connectivity index (χ0) is 17.4. The van der Waals surface area contributed by atoms with Crippen molar-refractivity contribution in [3.05, 3.63) is 41.9 Å². The second-order valence-corrected chi connectivity index (χ2v) is 7.32. The van der Waals surface area contributed by atoms with E-state index in [1.807, 2.05) is 30.2 Å². The Balaban J connectivity index is 1.56. The normalized spacial score (nSPS) is 23.8. The van der Waals surface area contributed by atoms with Gasteiger partial charge in [0, 0.05) is 49.9 Å². The molecule has 4 rings (SSSR count). The number of hydrogen-bond acceptors (Lipinski definition) is 4. The fraction of sp³-hybridized carbons (Fsp3) is 0.526. The number of aryl methyl sites for hydroxylation is 2. The highest BCUT2D eigenvalue weighted by atomic mass is 16.2. The second-order valence-electron chi connectivity index (χ2n) is 7.32. The van der Waals surface area contributed by atoms with E-state index in [4.69, 9.17) is 0 Å². The van der Waals surface area contributed by atoms with Crippen LogP contribution in [0, 0.1) is 12.8 Å². The van der Waals surface area contributed by atoms with Crippen molar-refractivity contribution < 1.29 is 4.79 Å². The lowest BCUT2D eigenvalue weighted by Gasteiger charge is -2.41. The average molecular weight is 339 g/mol. The Morgan fingerprint density at radius 3 is 2.84 bits per heavy atom. The van der Waals surface area contributed by atoms with Gasteiger partial charge in [-0.3, -0.25) is 9.48 Å². The molecule has 2 fully saturated rings. The number of carbonyl (C=O) groups excluding carboxylic acids is 1. The third-order valence-corrected chi connectivity index (χ3v) is 5.23. The molecule has 3 heterocycles. The number of piperidine rings is 1. The SMILES string of the molecule is Cc1ccnc(NC[C@H]2CCC(=O)N(C3CC3)[C@@H]2c2cnn(C)c2)c1. The van der Waals surface area contributed by atoms with Crippen molar-refractivity contribution in [2.75, 3.05) is 11.9 Å². The van der Waals surface area contributed by atoms with E-state index >= 15 is 0 Å². The molecular weight excluding hydrogens is 314 g/mol. The molecular formula is C19H25N5O. The number of hydrogen-bond donors (Lipinski definition) is 1. The smallest absolute Gasteiger partial charge is 0.223 e. The van der Waals surface area contributed by atoms with Crippen molar-refractivity contribution in [3.8, 4) is 0 Å². The van der Waals surface area contributed by atoms with E-state index < -0.39 is 0 Å². The standard InChI is InChI=1S/C19H25N5O/c1-13-7-8-20-17(9-13)21-10-14-3-6-18(25)24(16-4-5-16)19(14)15-11-22-23(2)12-15/h7-9,11-12,14,16,19H,3-6,10H2,1-2H3,(H,20,21)/t14-,19+/m1/s1. The summed E-state index contributed by atoms with van der Waals surface area (Å²) in [5, 5.41) is 7.82. The minimum atomic E-state index is 0.111. The lowest BCUT2D eigenvalue weighted by Crippen LogP contribution is -2.45. The Morgan fingerprint density at radius 1 is 1.32 bits per heavy atom. The summed E-state index contributed by atoms with van der Waals surface area (Å²) < 4.78 is 1.83. The minimum absolute atomic E-state index is 0.111. The van der Waals surface area contributed by atoms with Crippen LogP contribution in [0.3, 0.4) is 0 Å². The molecule has 0 bridgehead atoms. The number of aromatic nitrogens is 3. The van der Waals surface area contributed by atoms with Crippen LogP contribution in [0.15, 0.2) is 30.7 Å². The summed E-state index contributed by atoms with van der Waals surface area (Å²) >= 11 is 0. The Labute approximate surface area is 148 Å². The lowest BCUT2D eigenvalue weighted by atomic mass is 9.85. The van der Waals surface area contributed by atoms with Gasteiger partial charge in [0.2, 0.25) is 5.91 Å². The maximum Gasteiger partial charge on any atom is 0.223 e. The second kappa shape index (κ2) is 6.50. The number of anilines is 1. The van der Waals surface area contributed by atoms with E-state index in [2.05, 4.69) is 39.5 Å². The molecule has 2 atom stereocenters. The van der Waals surface area contributed by atoms with Crippen LogP contribution < -0.4 is 5.32 Å². The number of carbonyl (C=O) groups is 1. The molecule has 0 aromatic carbocycles. The number of likely N-dealkylation sites (tertiary alicyclic amines) is 1. The van der Waals surface area contributed by atoms with E-state index in [9.17, 15) is 4.79 Å². The van der Waals surface area contributed by atoms with E-state index in [1.165, 1.54) is 5.56 Å². The van der Waals surface area contributed by atoms with Crippen LogP contribution in [0.4, 0.5) is 5.82 Å². The summed E-state index contributed by atoms with van der Waals surface area (Å²) in [5.41, 5.74) is 2.34. The highest BCUT2D eigenvalue weighted by molar-refractivity contribution is 5.78. The predicted octanol–water partition coefficient (Wildman–Crippen LogP) is 2.68. The van der Waals surface area contributed by atoms with E-state index in [1.54, 1.807) is 0 Å². The quantitative estimate of drug-likeness (QED) is 0.910. The molecule has 1 N–H and O–H groups in total. The summed E-state index contributed by atoms with van der Waals surface area (Å²) in [5.74, 6) is 1.56. The van der Waals surface area contributed by atoms with Gasteiger partial charge in [-0.05, 0) is 43.9 Å². The topological polar surface area (TPSA) is 63.1 Å². The average Bonchev–Trinajstić information content (AvgIpc) is 3.34. The zero-order valence-corrected chi connectivity index (χ0v) is 14.9. The lowest BCUT2D eigenvalue weighted by molar-refractivity contribution is -0.139. The molecule has 1 saturated heterocycles. The van der Waals surface area contributed by atoms with Crippen LogP contribution in [-0.4, -0.2) is 38.2 Å². The van der Waals surface area contributed by atoms with Crippen molar-refractivity contribution in [3.63, 3.8) is 0 Å².